The van der Waals surface area contributed by atoms with Crippen molar-refractivity contribution in [2.24, 2.45) is 16.7 Å². The van der Waals surface area contributed by atoms with Gasteiger partial charge in [-0.25, -0.2) is 0 Å². The summed E-state index contributed by atoms with van der Waals surface area (Å²) in [5.74, 6) is -1.54. The Hall–Kier alpha value is -2.04. The molecule has 1 fully saturated rings. The second-order valence-electron chi connectivity index (χ2n) is 7.64. The van der Waals surface area contributed by atoms with Crippen LogP contribution in [-0.4, -0.2) is 25.0 Å². The Morgan fingerprint density at radius 3 is 2.16 bits per heavy atom. The predicted molar refractivity (Wildman–Crippen MR) is 98.3 cm³/mol. The van der Waals surface area contributed by atoms with Gasteiger partial charge in [-0.2, -0.15) is 0 Å². The van der Waals surface area contributed by atoms with E-state index in [-0.39, 0.29) is 11.8 Å². The van der Waals surface area contributed by atoms with E-state index in [1.54, 1.807) is 6.92 Å². The zero-order chi connectivity index (χ0) is 18.8. The average Bonchev–Trinajstić information content (AvgIpc) is 2.81. The highest BCUT2D eigenvalue weighted by Crippen LogP contribution is 2.55. The van der Waals surface area contributed by atoms with E-state index in [1.165, 1.54) is 0 Å². The van der Waals surface area contributed by atoms with Crippen LogP contribution in [0.5, 0.6) is 0 Å². The highest BCUT2D eigenvalue weighted by Gasteiger charge is 2.54. The molecule has 0 aliphatic heterocycles. The molecule has 1 saturated carbocycles. The first kappa shape index (κ1) is 19.3. The summed E-state index contributed by atoms with van der Waals surface area (Å²) < 4.78 is 0. The normalized spacial score (nSPS) is 24.8. The second kappa shape index (κ2) is 7.06. The molecule has 1 aliphatic rings. The summed E-state index contributed by atoms with van der Waals surface area (Å²) in [4.78, 5) is 26.5. The Balaban J connectivity index is 2.11. The van der Waals surface area contributed by atoms with Crippen molar-refractivity contribution in [1.82, 2.24) is 0 Å². The molecule has 0 unspecified atom stereocenters. The molecule has 0 saturated heterocycles. The van der Waals surface area contributed by atoms with Gasteiger partial charge in [0.25, 0.3) is 0 Å². The summed E-state index contributed by atoms with van der Waals surface area (Å²) in [7, 11) is 0. The van der Waals surface area contributed by atoms with E-state index < -0.39 is 16.8 Å². The SMILES string of the molecule is CCN(CC)c1ccc(NC(=O)[C@H]2CC[C@@](C)(C(=O)[O-])C2(C)C)cc1. The van der Waals surface area contributed by atoms with Crippen LogP contribution in [0.15, 0.2) is 24.3 Å². The fraction of sp³-hybridized carbons (Fsp3) is 0.600. The molecule has 0 bridgehead atoms. The molecule has 2 rings (SSSR count). The molecule has 0 radical (unpaired) electrons. The molecule has 5 heteroatoms. The van der Waals surface area contributed by atoms with Crippen LogP contribution in [0.2, 0.25) is 0 Å². The maximum Gasteiger partial charge on any atom is 0.228 e. The Morgan fingerprint density at radius 2 is 1.72 bits per heavy atom. The third-order valence-corrected chi connectivity index (χ3v) is 6.26. The van der Waals surface area contributed by atoms with Gasteiger partial charge in [-0.3, -0.25) is 4.79 Å². The summed E-state index contributed by atoms with van der Waals surface area (Å²) >= 11 is 0. The lowest BCUT2D eigenvalue weighted by Crippen LogP contribution is -2.49. The van der Waals surface area contributed by atoms with Gasteiger partial charge in [-0.15, -0.1) is 0 Å². The number of carboxylic acid groups (broad SMARTS) is 1. The van der Waals surface area contributed by atoms with Crippen molar-refractivity contribution < 1.29 is 14.7 Å². The fourth-order valence-corrected chi connectivity index (χ4v) is 3.90. The van der Waals surface area contributed by atoms with Gasteiger partial charge < -0.3 is 20.1 Å². The highest BCUT2D eigenvalue weighted by molar-refractivity contribution is 5.94. The third-order valence-electron chi connectivity index (χ3n) is 6.26. The van der Waals surface area contributed by atoms with E-state index in [2.05, 4.69) is 24.1 Å². The van der Waals surface area contributed by atoms with Gasteiger partial charge in [0.2, 0.25) is 5.91 Å². The maximum atomic E-state index is 12.7. The first-order valence-corrected chi connectivity index (χ1v) is 9.04. The number of benzene rings is 1. The summed E-state index contributed by atoms with van der Waals surface area (Å²) in [6, 6.07) is 7.78. The maximum absolute atomic E-state index is 12.7. The van der Waals surface area contributed by atoms with Crippen LogP contribution in [0, 0.1) is 16.7 Å². The molecule has 0 spiro atoms. The number of aliphatic carboxylic acids is 1. The van der Waals surface area contributed by atoms with Crippen molar-refractivity contribution in [3.05, 3.63) is 24.3 Å². The van der Waals surface area contributed by atoms with Crippen LogP contribution in [-0.2, 0) is 9.59 Å². The van der Waals surface area contributed by atoms with Crippen molar-refractivity contribution in [3.8, 4) is 0 Å². The van der Waals surface area contributed by atoms with Gasteiger partial charge in [0, 0.05) is 41.8 Å². The number of nitrogens with zero attached hydrogens (tertiary/aromatic N) is 1. The van der Waals surface area contributed by atoms with Gasteiger partial charge in [-0.1, -0.05) is 20.8 Å². The number of hydrogen-bond acceptors (Lipinski definition) is 4. The smallest absolute Gasteiger partial charge is 0.228 e. The van der Waals surface area contributed by atoms with E-state index in [4.69, 9.17) is 0 Å². The number of carbonyl (C=O) groups excluding carboxylic acids is 2. The summed E-state index contributed by atoms with van der Waals surface area (Å²) in [5.41, 5.74) is 0.214. The Labute approximate surface area is 150 Å². The van der Waals surface area contributed by atoms with Gasteiger partial charge in [0.15, 0.2) is 0 Å². The first-order valence-electron chi connectivity index (χ1n) is 9.04. The zero-order valence-electron chi connectivity index (χ0n) is 15.9. The molecule has 1 aromatic carbocycles. The van der Waals surface area contributed by atoms with Crippen LogP contribution in [0.1, 0.15) is 47.5 Å². The number of anilines is 2. The highest BCUT2D eigenvalue weighted by atomic mass is 16.4. The van der Waals surface area contributed by atoms with Crippen molar-refractivity contribution >= 4 is 23.3 Å². The Bertz CT molecular complexity index is 635. The Kier molecular flexibility index (Phi) is 5.45. The minimum Gasteiger partial charge on any atom is -0.550 e. The van der Waals surface area contributed by atoms with Crippen molar-refractivity contribution in [3.63, 3.8) is 0 Å². The van der Waals surface area contributed by atoms with E-state index in [1.807, 2.05) is 38.1 Å². The molecular formula is C20H29N2O3-. The quantitative estimate of drug-likeness (QED) is 0.860. The van der Waals surface area contributed by atoms with E-state index in [0.717, 1.165) is 24.5 Å². The van der Waals surface area contributed by atoms with Crippen molar-refractivity contribution in [1.29, 1.82) is 0 Å². The number of carbonyl (C=O) groups is 2. The molecule has 5 nitrogen and oxygen atoms in total. The molecule has 1 N–H and O–H groups in total. The molecule has 0 heterocycles. The second-order valence-corrected chi connectivity index (χ2v) is 7.64. The third kappa shape index (κ3) is 3.37. The number of amides is 1. The van der Waals surface area contributed by atoms with Crippen molar-refractivity contribution in [2.45, 2.75) is 47.5 Å². The van der Waals surface area contributed by atoms with Gasteiger partial charge >= 0.3 is 0 Å². The first-order chi connectivity index (χ1) is 11.7. The standard InChI is InChI=1S/C20H30N2O3/c1-6-22(7-2)15-10-8-14(9-11-15)21-17(23)16-12-13-20(5,18(24)25)19(16,3)4/h8-11,16H,6-7,12-13H2,1-5H3,(H,21,23)(H,24,25)/p-1/t16-,20+/m1/s1. The molecule has 138 valence electrons. The lowest BCUT2D eigenvalue weighted by Gasteiger charge is -2.41. The van der Waals surface area contributed by atoms with Crippen LogP contribution < -0.4 is 15.3 Å². The zero-order valence-corrected chi connectivity index (χ0v) is 15.9. The van der Waals surface area contributed by atoms with Crippen molar-refractivity contribution in [2.75, 3.05) is 23.3 Å². The van der Waals surface area contributed by atoms with E-state index >= 15 is 0 Å². The van der Waals surface area contributed by atoms with Crippen LogP contribution >= 0.6 is 0 Å². The van der Waals surface area contributed by atoms with Crippen LogP contribution in [0.3, 0.4) is 0 Å². The minimum absolute atomic E-state index is 0.120. The molecular weight excluding hydrogens is 316 g/mol. The predicted octanol–water partition coefficient (Wildman–Crippen LogP) is 2.66. The van der Waals surface area contributed by atoms with Crippen LogP contribution in [0.25, 0.3) is 0 Å². The van der Waals surface area contributed by atoms with Gasteiger partial charge in [-0.05, 0) is 56.4 Å². The lowest BCUT2D eigenvalue weighted by atomic mass is 9.65. The monoisotopic (exact) mass is 345 g/mol. The minimum atomic E-state index is -1.07. The fourth-order valence-electron chi connectivity index (χ4n) is 3.90. The van der Waals surface area contributed by atoms with Gasteiger partial charge in [0.05, 0.1) is 0 Å². The molecule has 25 heavy (non-hydrogen) atoms. The molecule has 0 aromatic heterocycles. The molecule has 1 amide bonds. The summed E-state index contributed by atoms with van der Waals surface area (Å²) in [5, 5.41) is 14.5. The summed E-state index contributed by atoms with van der Waals surface area (Å²) in [6.45, 7) is 11.5. The van der Waals surface area contributed by atoms with E-state index in [0.29, 0.717) is 12.8 Å². The Morgan fingerprint density at radius 1 is 1.16 bits per heavy atom. The largest absolute Gasteiger partial charge is 0.550 e. The van der Waals surface area contributed by atoms with Crippen LogP contribution in [0.4, 0.5) is 11.4 Å². The van der Waals surface area contributed by atoms with Gasteiger partial charge in [0.1, 0.15) is 0 Å². The molecule has 2 atom stereocenters. The number of nitrogens with one attached hydrogen (secondary N) is 1. The average molecular weight is 345 g/mol. The molecule has 1 aromatic rings. The lowest BCUT2D eigenvalue weighted by molar-refractivity contribution is -0.323. The summed E-state index contributed by atoms with van der Waals surface area (Å²) in [6.07, 6.45) is 1.02. The van der Waals surface area contributed by atoms with E-state index in [9.17, 15) is 14.7 Å². The molecule has 1 aliphatic carbocycles. The number of hydrogen-bond donors (Lipinski definition) is 1. The number of carboxylic acids is 1. The topological polar surface area (TPSA) is 72.5 Å². The number of rotatable bonds is 6.